The van der Waals surface area contributed by atoms with Gasteiger partial charge in [0, 0.05) is 18.3 Å². The summed E-state index contributed by atoms with van der Waals surface area (Å²) < 4.78 is 6.16. The van der Waals surface area contributed by atoms with Crippen molar-refractivity contribution < 1.29 is 19.4 Å². The average Bonchev–Trinajstić information content (AvgIpc) is 2.75. The molecule has 0 spiro atoms. The molecule has 0 N–H and O–H groups in total. The fourth-order valence-corrected chi connectivity index (χ4v) is 3.99. The van der Waals surface area contributed by atoms with Crippen molar-refractivity contribution in [2.45, 2.75) is 6.92 Å². The number of nitro groups is 2. The first-order chi connectivity index (χ1) is 15.1. The molecule has 3 aromatic carbocycles. The van der Waals surface area contributed by atoms with E-state index in [0.29, 0.717) is 14.5 Å². The van der Waals surface area contributed by atoms with Crippen molar-refractivity contribution >= 4 is 61.1 Å². The number of non-ortho nitro benzene ring substituents is 2. The zero-order valence-corrected chi connectivity index (χ0v) is 19.5. The van der Waals surface area contributed by atoms with Crippen molar-refractivity contribution in [3.05, 3.63) is 100 Å². The Morgan fingerprint density at radius 2 is 1.47 bits per heavy atom. The lowest BCUT2D eigenvalue weighted by Crippen LogP contribution is -2.10. The molecule has 0 bridgehead atoms. The number of benzene rings is 3. The maximum absolute atomic E-state index is 12.6. The smallest absolute Gasteiger partial charge is 0.344 e. The summed E-state index contributed by atoms with van der Waals surface area (Å²) in [5, 5.41) is 22.1. The van der Waals surface area contributed by atoms with E-state index in [-0.39, 0.29) is 11.3 Å². The van der Waals surface area contributed by atoms with Crippen LogP contribution in [0.25, 0.3) is 0 Å². The number of carbonyl (C=O) groups excluding carboxylic acids is 1. The van der Waals surface area contributed by atoms with E-state index in [1.807, 2.05) is 31.2 Å². The molecule has 0 unspecified atom stereocenters. The van der Waals surface area contributed by atoms with E-state index >= 15 is 0 Å². The lowest BCUT2D eigenvalue weighted by molar-refractivity contribution is -0.394. The molecule has 0 heterocycles. The summed E-state index contributed by atoms with van der Waals surface area (Å²) >= 11 is 6.65. The predicted molar refractivity (Wildman–Crippen MR) is 125 cm³/mol. The van der Waals surface area contributed by atoms with Crippen molar-refractivity contribution in [1.29, 1.82) is 0 Å². The second-order valence-corrected chi connectivity index (χ2v) is 8.26. The van der Waals surface area contributed by atoms with Crippen LogP contribution in [0.15, 0.2) is 68.5 Å². The number of nitrogens with zero attached hydrogens (tertiary/aromatic N) is 3. The third-order valence-corrected chi connectivity index (χ3v) is 5.35. The van der Waals surface area contributed by atoms with E-state index in [4.69, 9.17) is 4.74 Å². The molecular weight excluding hydrogens is 550 g/mol. The van der Waals surface area contributed by atoms with Gasteiger partial charge in [0.2, 0.25) is 0 Å². The molecule has 0 saturated carbocycles. The van der Waals surface area contributed by atoms with Crippen LogP contribution in [0.3, 0.4) is 0 Å². The highest BCUT2D eigenvalue weighted by Gasteiger charge is 2.22. The van der Waals surface area contributed by atoms with Crippen molar-refractivity contribution in [3.63, 3.8) is 0 Å². The number of ether oxygens (including phenoxy) is 1. The molecule has 9 nitrogen and oxygen atoms in total. The van der Waals surface area contributed by atoms with Gasteiger partial charge in [-0.2, -0.15) is 0 Å². The summed E-state index contributed by atoms with van der Waals surface area (Å²) in [7, 11) is 0. The Kier molecular flexibility index (Phi) is 7.11. The molecule has 0 saturated heterocycles. The van der Waals surface area contributed by atoms with Crippen LogP contribution in [0.4, 0.5) is 17.1 Å². The topological polar surface area (TPSA) is 125 Å². The lowest BCUT2D eigenvalue weighted by atomic mass is 10.1. The van der Waals surface area contributed by atoms with Gasteiger partial charge in [0.1, 0.15) is 0 Å². The van der Waals surface area contributed by atoms with E-state index in [0.717, 1.165) is 29.4 Å². The van der Waals surface area contributed by atoms with Gasteiger partial charge >= 0.3 is 5.97 Å². The van der Waals surface area contributed by atoms with Gasteiger partial charge in [-0.15, -0.1) is 0 Å². The van der Waals surface area contributed by atoms with Gasteiger partial charge in [-0.05, 0) is 68.6 Å². The van der Waals surface area contributed by atoms with Crippen LogP contribution in [-0.4, -0.2) is 22.0 Å². The maximum Gasteiger partial charge on any atom is 0.344 e. The normalized spacial score (nSPS) is 10.8. The largest absolute Gasteiger partial charge is 0.420 e. The first-order valence-corrected chi connectivity index (χ1v) is 10.5. The highest BCUT2D eigenvalue weighted by atomic mass is 79.9. The van der Waals surface area contributed by atoms with Crippen LogP contribution in [0.1, 0.15) is 21.5 Å². The molecular formula is C21H13Br2N3O6. The third kappa shape index (κ3) is 5.62. The second-order valence-electron chi connectivity index (χ2n) is 6.55. The molecule has 32 heavy (non-hydrogen) atoms. The van der Waals surface area contributed by atoms with Gasteiger partial charge in [-0.1, -0.05) is 17.7 Å². The van der Waals surface area contributed by atoms with E-state index < -0.39 is 27.2 Å². The minimum Gasteiger partial charge on any atom is -0.420 e. The van der Waals surface area contributed by atoms with E-state index in [2.05, 4.69) is 36.9 Å². The molecule has 0 radical (unpaired) electrons. The molecule has 0 aliphatic heterocycles. The van der Waals surface area contributed by atoms with Crippen molar-refractivity contribution in [2.75, 3.05) is 0 Å². The Balaban J connectivity index is 1.86. The highest BCUT2D eigenvalue weighted by Crippen LogP contribution is 2.35. The molecule has 3 rings (SSSR count). The molecule has 11 heteroatoms. The van der Waals surface area contributed by atoms with Crippen molar-refractivity contribution in [1.82, 2.24) is 0 Å². The molecule has 162 valence electrons. The summed E-state index contributed by atoms with van der Waals surface area (Å²) in [5.74, 6) is -0.879. The summed E-state index contributed by atoms with van der Waals surface area (Å²) in [5.41, 5.74) is 1.09. The number of nitro benzene ring substituents is 2. The number of esters is 1. The number of hydrogen-bond acceptors (Lipinski definition) is 7. The van der Waals surface area contributed by atoms with Gasteiger partial charge in [0.15, 0.2) is 5.75 Å². The molecule has 0 aromatic heterocycles. The summed E-state index contributed by atoms with van der Waals surface area (Å²) in [6, 6.07) is 13.6. The first-order valence-electron chi connectivity index (χ1n) is 8.90. The summed E-state index contributed by atoms with van der Waals surface area (Å²) in [6.45, 7) is 1.98. The molecule has 0 aliphatic rings. The number of rotatable bonds is 6. The fraction of sp³-hybridized carbons (Fsp3) is 0.0476. The third-order valence-electron chi connectivity index (χ3n) is 4.17. The van der Waals surface area contributed by atoms with Crippen LogP contribution < -0.4 is 4.74 Å². The standard InChI is InChI=1S/C21H13Br2N3O6/c1-12-2-4-15(5-3-12)24-11-13-6-18(22)20(19(23)7-13)32-21(27)14-8-16(25(28)29)10-17(9-14)26(30)31/h2-11H,1H3. The molecule has 3 aromatic rings. The van der Waals surface area contributed by atoms with Crippen LogP contribution >= 0.6 is 31.9 Å². The monoisotopic (exact) mass is 561 g/mol. The minimum atomic E-state index is -0.987. The average molecular weight is 563 g/mol. The molecule has 0 amide bonds. The van der Waals surface area contributed by atoms with Gasteiger partial charge in [0.05, 0.1) is 36.1 Å². The Labute approximate surface area is 198 Å². The first kappa shape index (κ1) is 23.2. The summed E-state index contributed by atoms with van der Waals surface area (Å²) in [6.07, 6.45) is 1.63. The summed E-state index contributed by atoms with van der Waals surface area (Å²) in [4.78, 5) is 37.4. The minimum absolute atomic E-state index is 0.108. The Morgan fingerprint density at radius 1 is 0.938 bits per heavy atom. The van der Waals surface area contributed by atoms with E-state index in [1.54, 1.807) is 18.3 Å². The van der Waals surface area contributed by atoms with Gasteiger partial charge < -0.3 is 4.74 Å². The van der Waals surface area contributed by atoms with Gasteiger partial charge in [-0.25, -0.2) is 4.79 Å². The number of halogens is 2. The Morgan fingerprint density at radius 3 is 1.97 bits per heavy atom. The van der Waals surface area contributed by atoms with E-state index in [9.17, 15) is 25.0 Å². The Hall–Kier alpha value is -3.44. The molecule has 0 atom stereocenters. The van der Waals surface area contributed by atoms with Crippen LogP contribution in [-0.2, 0) is 0 Å². The number of aliphatic imine (C=N–C) groups is 1. The highest BCUT2D eigenvalue weighted by molar-refractivity contribution is 9.11. The van der Waals surface area contributed by atoms with Crippen LogP contribution in [0.2, 0.25) is 0 Å². The zero-order chi connectivity index (χ0) is 23.4. The molecule has 0 aliphatic carbocycles. The van der Waals surface area contributed by atoms with Crippen LogP contribution in [0, 0.1) is 27.2 Å². The number of carbonyl (C=O) groups is 1. The predicted octanol–water partition coefficient (Wildman–Crippen LogP) is 6.31. The fourth-order valence-electron chi connectivity index (χ4n) is 2.61. The van der Waals surface area contributed by atoms with Gasteiger partial charge in [0.25, 0.3) is 11.4 Å². The van der Waals surface area contributed by atoms with Crippen molar-refractivity contribution in [2.24, 2.45) is 4.99 Å². The molecule has 0 fully saturated rings. The lowest BCUT2D eigenvalue weighted by Gasteiger charge is -2.10. The number of hydrogen-bond donors (Lipinski definition) is 0. The maximum atomic E-state index is 12.6. The SMILES string of the molecule is Cc1ccc(N=Cc2cc(Br)c(OC(=O)c3cc([N+](=O)[O-])cc([N+](=O)[O-])c3)c(Br)c2)cc1. The van der Waals surface area contributed by atoms with E-state index in [1.165, 1.54) is 0 Å². The van der Waals surface area contributed by atoms with Crippen molar-refractivity contribution in [3.8, 4) is 5.75 Å². The zero-order valence-electron chi connectivity index (χ0n) is 16.3. The quantitative estimate of drug-likeness (QED) is 0.114. The number of aryl methyl sites for hydroxylation is 1. The van der Waals surface area contributed by atoms with Gasteiger partial charge in [-0.3, -0.25) is 25.2 Å². The Bertz CT molecular complexity index is 1200. The second kappa shape index (κ2) is 9.79. The van der Waals surface area contributed by atoms with Crippen LogP contribution in [0.5, 0.6) is 5.75 Å².